The van der Waals surface area contributed by atoms with Gasteiger partial charge in [-0.2, -0.15) is 0 Å². The predicted octanol–water partition coefficient (Wildman–Crippen LogP) is 0.546. The molecule has 1 amide bonds. The molecule has 0 atom stereocenters. The summed E-state index contributed by atoms with van der Waals surface area (Å²) in [5.74, 6) is -0.624. The van der Waals surface area contributed by atoms with Crippen LogP contribution >= 0.6 is 12.4 Å². The normalized spacial score (nSPS) is 16.2. The number of nitrogens with one attached hydrogen (secondary N) is 2. The second-order valence-electron chi connectivity index (χ2n) is 4.99. The fourth-order valence-corrected chi connectivity index (χ4v) is 3.59. The molecular weight excluding hydrogens is 314 g/mol. The Morgan fingerprint density at radius 3 is 2.52 bits per heavy atom. The van der Waals surface area contributed by atoms with E-state index in [1.807, 2.05) is 0 Å². The lowest BCUT2D eigenvalue weighted by molar-refractivity contribution is 0.0999. The second kappa shape index (κ2) is 7.22. The van der Waals surface area contributed by atoms with Crippen LogP contribution in [-0.4, -0.2) is 33.5 Å². The minimum Gasteiger partial charge on any atom is -0.366 e. The number of amides is 1. The summed E-state index contributed by atoms with van der Waals surface area (Å²) in [6, 6.07) is 4.35. The maximum Gasteiger partial charge on any atom is 0.249 e. The highest BCUT2D eigenvalue weighted by Crippen LogP contribution is 2.16. The monoisotopic (exact) mass is 333 g/mol. The molecule has 8 heteroatoms. The first-order valence-electron chi connectivity index (χ1n) is 6.53. The lowest BCUT2D eigenvalue weighted by Crippen LogP contribution is -2.42. The molecule has 0 aromatic heterocycles. The molecule has 4 N–H and O–H groups in total. The molecule has 1 aromatic carbocycles. The van der Waals surface area contributed by atoms with Gasteiger partial charge in [-0.15, -0.1) is 12.4 Å². The smallest absolute Gasteiger partial charge is 0.249 e. The molecule has 1 aliphatic heterocycles. The first-order valence-corrected chi connectivity index (χ1v) is 8.02. The van der Waals surface area contributed by atoms with Gasteiger partial charge in [0.1, 0.15) is 0 Å². The molecule has 1 fully saturated rings. The van der Waals surface area contributed by atoms with E-state index in [2.05, 4.69) is 10.0 Å². The summed E-state index contributed by atoms with van der Waals surface area (Å²) in [4.78, 5) is 11.4. The predicted molar refractivity (Wildman–Crippen MR) is 83.2 cm³/mol. The zero-order valence-corrected chi connectivity index (χ0v) is 13.4. The maximum atomic E-state index is 12.3. The van der Waals surface area contributed by atoms with Gasteiger partial charge in [0.25, 0.3) is 0 Å². The van der Waals surface area contributed by atoms with Crippen molar-refractivity contribution in [3.8, 4) is 0 Å². The van der Waals surface area contributed by atoms with Crippen LogP contribution in [0.25, 0.3) is 0 Å². The Morgan fingerprint density at radius 2 is 1.95 bits per heavy atom. The van der Waals surface area contributed by atoms with E-state index in [9.17, 15) is 13.2 Å². The van der Waals surface area contributed by atoms with E-state index in [1.165, 1.54) is 12.1 Å². The second-order valence-corrected chi connectivity index (χ2v) is 6.70. The van der Waals surface area contributed by atoms with Crippen molar-refractivity contribution in [2.75, 3.05) is 13.1 Å². The summed E-state index contributed by atoms with van der Waals surface area (Å²) in [6.07, 6.45) is 1.52. The third-order valence-corrected chi connectivity index (χ3v) is 4.96. The number of benzene rings is 1. The van der Waals surface area contributed by atoms with Crippen molar-refractivity contribution in [2.24, 2.45) is 5.73 Å². The van der Waals surface area contributed by atoms with Gasteiger partial charge in [-0.1, -0.05) is 6.07 Å². The van der Waals surface area contributed by atoms with Crippen molar-refractivity contribution < 1.29 is 13.2 Å². The Bertz CT molecular complexity index is 613. The zero-order chi connectivity index (χ0) is 14.8. The number of carbonyl (C=O) groups excluding carboxylic acids is 1. The topological polar surface area (TPSA) is 101 Å². The van der Waals surface area contributed by atoms with Gasteiger partial charge in [0.2, 0.25) is 15.9 Å². The average Bonchev–Trinajstić information content (AvgIpc) is 2.39. The van der Waals surface area contributed by atoms with E-state index in [0.29, 0.717) is 5.56 Å². The van der Waals surface area contributed by atoms with E-state index in [1.54, 1.807) is 13.0 Å². The average molecular weight is 334 g/mol. The number of carbonyl (C=O) groups is 1. The molecule has 1 aliphatic rings. The van der Waals surface area contributed by atoms with Gasteiger partial charge in [0.05, 0.1) is 4.90 Å². The molecule has 0 radical (unpaired) electrons. The van der Waals surface area contributed by atoms with E-state index in [-0.39, 0.29) is 28.9 Å². The summed E-state index contributed by atoms with van der Waals surface area (Å²) >= 11 is 0. The number of hydrogen-bond donors (Lipinski definition) is 3. The summed E-state index contributed by atoms with van der Waals surface area (Å²) in [5, 5.41) is 3.18. The maximum absolute atomic E-state index is 12.3. The number of hydrogen-bond acceptors (Lipinski definition) is 4. The lowest BCUT2D eigenvalue weighted by atomic mass is 10.1. The van der Waals surface area contributed by atoms with Crippen molar-refractivity contribution in [1.82, 2.24) is 10.0 Å². The molecule has 21 heavy (non-hydrogen) atoms. The highest BCUT2D eigenvalue weighted by molar-refractivity contribution is 7.89. The highest BCUT2D eigenvalue weighted by Gasteiger charge is 2.22. The van der Waals surface area contributed by atoms with Crippen LogP contribution in [0.3, 0.4) is 0 Å². The van der Waals surface area contributed by atoms with Crippen LogP contribution in [-0.2, 0) is 10.0 Å². The fraction of sp³-hybridized carbons (Fsp3) is 0.462. The molecular formula is C13H20ClN3O3S. The molecule has 0 unspecified atom stereocenters. The van der Waals surface area contributed by atoms with Gasteiger partial charge in [-0.3, -0.25) is 4.79 Å². The number of sulfonamides is 1. The highest BCUT2D eigenvalue weighted by atomic mass is 35.5. The third kappa shape index (κ3) is 4.41. The van der Waals surface area contributed by atoms with Gasteiger partial charge in [-0.25, -0.2) is 13.1 Å². The molecule has 118 valence electrons. The Hall–Kier alpha value is -1.15. The number of nitrogens with two attached hydrogens (primary N) is 1. The van der Waals surface area contributed by atoms with Crippen LogP contribution in [0.4, 0.5) is 0 Å². The van der Waals surface area contributed by atoms with Crippen molar-refractivity contribution in [2.45, 2.75) is 30.7 Å². The van der Waals surface area contributed by atoms with Crippen molar-refractivity contribution in [3.05, 3.63) is 29.3 Å². The Kier molecular flexibility index (Phi) is 6.15. The standard InChI is InChI=1S/C13H19N3O3S.ClH/c1-9-2-3-11(8-12(9)13(14)17)20(18,19)16-10-4-6-15-7-5-10;/h2-3,8,10,15-16H,4-7H2,1H3,(H2,14,17);1H. The van der Waals surface area contributed by atoms with Crippen molar-refractivity contribution in [1.29, 1.82) is 0 Å². The van der Waals surface area contributed by atoms with Gasteiger partial charge in [-0.05, 0) is 50.6 Å². The minimum absolute atomic E-state index is 0. The molecule has 0 aliphatic carbocycles. The SMILES string of the molecule is Cc1ccc(S(=O)(=O)NC2CCNCC2)cc1C(N)=O.Cl. The number of rotatable bonds is 4. The quantitative estimate of drug-likeness (QED) is 0.748. The molecule has 6 nitrogen and oxygen atoms in total. The summed E-state index contributed by atoms with van der Waals surface area (Å²) < 4.78 is 27.3. The summed E-state index contributed by atoms with van der Waals surface area (Å²) in [7, 11) is -3.62. The molecule has 0 bridgehead atoms. The van der Waals surface area contributed by atoms with E-state index < -0.39 is 15.9 Å². The van der Waals surface area contributed by atoms with E-state index in [0.717, 1.165) is 25.9 Å². The first kappa shape index (κ1) is 17.9. The van der Waals surface area contributed by atoms with Crippen molar-refractivity contribution >= 4 is 28.3 Å². The summed E-state index contributed by atoms with van der Waals surface area (Å²) in [6.45, 7) is 3.32. The van der Waals surface area contributed by atoms with Gasteiger partial charge >= 0.3 is 0 Å². The van der Waals surface area contributed by atoms with E-state index >= 15 is 0 Å². The van der Waals surface area contributed by atoms with Gasteiger partial charge in [0.15, 0.2) is 0 Å². The Morgan fingerprint density at radius 1 is 1.33 bits per heavy atom. The summed E-state index contributed by atoms with van der Waals surface area (Å²) in [5.41, 5.74) is 6.15. The third-order valence-electron chi connectivity index (χ3n) is 3.45. The van der Waals surface area contributed by atoms with Gasteiger partial charge in [0, 0.05) is 11.6 Å². The molecule has 1 heterocycles. The number of piperidine rings is 1. The zero-order valence-electron chi connectivity index (χ0n) is 11.8. The van der Waals surface area contributed by atoms with E-state index in [4.69, 9.17) is 5.73 Å². The van der Waals surface area contributed by atoms with Crippen LogP contribution in [0.15, 0.2) is 23.1 Å². The van der Waals surface area contributed by atoms with Crippen LogP contribution in [0.1, 0.15) is 28.8 Å². The lowest BCUT2D eigenvalue weighted by Gasteiger charge is -2.23. The number of primary amides is 1. The van der Waals surface area contributed by atoms with Gasteiger partial charge < -0.3 is 11.1 Å². The molecule has 0 saturated carbocycles. The van der Waals surface area contributed by atoms with Crippen LogP contribution < -0.4 is 15.8 Å². The van der Waals surface area contributed by atoms with Crippen molar-refractivity contribution in [3.63, 3.8) is 0 Å². The fourth-order valence-electron chi connectivity index (χ4n) is 2.26. The number of halogens is 1. The molecule has 2 rings (SSSR count). The van der Waals surface area contributed by atoms with Crippen LogP contribution in [0.5, 0.6) is 0 Å². The molecule has 1 aromatic rings. The Balaban J connectivity index is 0.00000220. The van der Waals surface area contributed by atoms with Crippen LogP contribution in [0.2, 0.25) is 0 Å². The molecule has 1 saturated heterocycles. The first-order chi connectivity index (χ1) is 9.40. The largest absolute Gasteiger partial charge is 0.366 e. The van der Waals surface area contributed by atoms with Crippen LogP contribution in [0, 0.1) is 6.92 Å². The molecule has 0 spiro atoms. The number of aryl methyl sites for hydroxylation is 1. The minimum atomic E-state index is -3.62. The Labute approximate surface area is 130 Å².